The fraction of sp³-hybridized carbons (Fsp3) is 0.429. The minimum atomic E-state index is -4.41. The third kappa shape index (κ3) is 5.03. The van der Waals surface area contributed by atoms with Gasteiger partial charge in [-0.05, 0) is 24.6 Å². The number of hydrogen-bond donors (Lipinski definition) is 0. The van der Waals surface area contributed by atoms with E-state index in [1.807, 2.05) is 34.6 Å². The van der Waals surface area contributed by atoms with Crippen molar-refractivity contribution in [1.29, 1.82) is 0 Å². The van der Waals surface area contributed by atoms with E-state index >= 15 is 0 Å². The van der Waals surface area contributed by atoms with E-state index in [0.717, 1.165) is 16.3 Å². The van der Waals surface area contributed by atoms with Crippen LogP contribution in [0.5, 0.6) is 0 Å². The van der Waals surface area contributed by atoms with Crippen molar-refractivity contribution in [3.8, 4) is 5.69 Å². The van der Waals surface area contributed by atoms with Gasteiger partial charge in [0.15, 0.2) is 5.69 Å². The van der Waals surface area contributed by atoms with E-state index in [2.05, 4.69) is 10.1 Å². The van der Waals surface area contributed by atoms with Gasteiger partial charge in [-0.3, -0.25) is 4.98 Å². The molecule has 0 aromatic carbocycles. The van der Waals surface area contributed by atoms with Crippen LogP contribution in [0.15, 0.2) is 30.7 Å². The van der Waals surface area contributed by atoms with Crippen molar-refractivity contribution in [2.45, 2.75) is 40.8 Å². The summed E-state index contributed by atoms with van der Waals surface area (Å²) in [4.78, 5) is 3.89. The third-order valence-corrected chi connectivity index (χ3v) is 2.00. The van der Waals surface area contributed by atoms with E-state index in [4.69, 9.17) is 0 Å². The van der Waals surface area contributed by atoms with E-state index in [-0.39, 0.29) is 0 Å². The molecule has 0 unspecified atom stereocenters. The van der Waals surface area contributed by atoms with Crippen LogP contribution in [-0.4, -0.2) is 14.8 Å². The Bertz CT molecular complexity index is 504. The molecule has 20 heavy (non-hydrogen) atoms. The molecule has 0 aliphatic carbocycles. The predicted octanol–water partition coefficient (Wildman–Crippen LogP) is 4.65. The maximum absolute atomic E-state index is 12.3. The molecule has 2 heterocycles. The molecular formula is C14H20F3N3. The van der Waals surface area contributed by atoms with E-state index in [0.29, 0.717) is 5.69 Å². The zero-order chi connectivity index (χ0) is 15.8. The Kier molecular flexibility index (Phi) is 7.57. The number of alkyl halides is 3. The highest BCUT2D eigenvalue weighted by Crippen LogP contribution is 2.27. The van der Waals surface area contributed by atoms with E-state index < -0.39 is 11.9 Å². The second kappa shape index (κ2) is 8.35. The van der Waals surface area contributed by atoms with Crippen LogP contribution in [0.3, 0.4) is 0 Å². The number of aryl methyl sites for hydroxylation is 1. The summed E-state index contributed by atoms with van der Waals surface area (Å²) >= 11 is 0. The number of aromatic nitrogens is 3. The Hall–Kier alpha value is -1.85. The molecular weight excluding hydrogens is 267 g/mol. The van der Waals surface area contributed by atoms with Gasteiger partial charge in [0.2, 0.25) is 0 Å². The lowest BCUT2D eigenvalue weighted by molar-refractivity contribution is -0.141. The lowest BCUT2D eigenvalue weighted by Gasteiger charge is -2.03. The van der Waals surface area contributed by atoms with Gasteiger partial charge in [0, 0.05) is 12.4 Å². The molecule has 0 atom stereocenters. The average Bonchev–Trinajstić information content (AvgIpc) is 2.93. The maximum atomic E-state index is 12.3. The number of halogens is 3. The third-order valence-electron chi connectivity index (χ3n) is 2.00. The Labute approximate surface area is 117 Å². The molecule has 0 N–H and O–H groups in total. The molecule has 0 fully saturated rings. The zero-order valence-corrected chi connectivity index (χ0v) is 12.4. The Morgan fingerprint density at radius 1 is 1.05 bits per heavy atom. The summed E-state index contributed by atoms with van der Waals surface area (Å²) in [6, 6.07) is 2.64. The first kappa shape index (κ1) is 18.1. The highest BCUT2D eigenvalue weighted by atomic mass is 19.4. The summed E-state index contributed by atoms with van der Waals surface area (Å²) in [5, 5.41) is 3.44. The van der Waals surface area contributed by atoms with Gasteiger partial charge in [0.25, 0.3) is 0 Å². The molecule has 0 amide bonds. The molecule has 112 valence electrons. The van der Waals surface area contributed by atoms with Gasteiger partial charge in [0.05, 0.1) is 11.9 Å². The van der Waals surface area contributed by atoms with Gasteiger partial charge in [-0.25, -0.2) is 4.68 Å². The Morgan fingerprint density at radius 2 is 1.65 bits per heavy atom. The lowest BCUT2D eigenvalue weighted by atomic mass is 10.3. The summed E-state index contributed by atoms with van der Waals surface area (Å²) in [7, 11) is 0. The van der Waals surface area contributed by atoms with Gasteiger partial charge < -0.3 is 0 Å². The molecule has 0 aliphatic rings. The number of pyridine rings is 1. The highest BCUT2D eigenvalue weighted by molar-refractivity contribution is 5.31. The molecule has 0 saturated carbocycles. The van der Waals surface area contributed by atoms with Crippen LogP contribution in [0.2, 0.25) is 0 Å². The Morgan fingerprint density at radius 3 is 2.10 bits per heavy atom. The van der Waals surface area contributed by atoms with Gasteiger partial charge in [-0.2, -0.15) is 18.3 Å². The van der Waals surface area contributed by atoms with Crippen molar-refractivity contribution in [3.63, 3.8) is 0 Å². The van der Waals surface area contributed by atoms with Gasteiger partial charge in [-0.1, -0.05) is 27.7 Å². The standard InChI is InChI=1S/C10H8F3N3.2C2H6/c1-7-4-8(6-14-5-7)16-3-2-9(15-16)10(11,12)13;2*1-2/h2-6H,1H3;2*1-2H3. The first-order valence-electron chi connectivity index (χ1n) is 6.52. The van der Waals surface area contributed by atoms with E-state index in [1.165, 1.54) is 12.4 Å². The molecule has 0 saturated heterocycles. The van der Waals surface area contributed by atoms with E-state index in [9.17, 15) is 13.2 Å². The fourth-order valence-electron chi connectivity index (χ4n) is 1.28. The SMILES string of the molecule is CC.CC.Cc1cncc(-n2ccc(C(F)(F)F)n2)c1. The summed E-state index contributed by atoms with van der Waals surface area (Å²) in [6.07, 6.45) is -0.0698. The fourth-order valence-corrected chi connectivity index (χ4v) is 1.28. The normalized spacial score (nSPS) is 10.0. The summed E-state index contributed by atoms with van der Waals surface area (Å²) < 4.78 is 38.1. The van der Waals surface area contributed by atoms with Crippen molar-refractivity contribution in [1.82, 2.24) is 14.8 Å². The topological polar surface area (TPSA) is 30.7 Å². The first-order valence-corrected chi connectivity index (χ1v) is 6.52. The average molecular weight is 287 g/mol. The summed E-state index contributed by atoms with van der Waals surface area (Å²) in [6.45, 7) is 9.81. The monoisotopic (exact) mass is 287 g/mol. The smallest absolute Gasteiger partial charge is 0.262 e. The first-order chi connectivity index (χ1) is 9.47. The summed E-state index contributed by atoms with van der Waals surface area (Å²) in [5.74, 6) is 0. The van der Waals surface area contributed by atoms with Crippen molar-refractivity contribution in [2.75, 3.05) is 0 Å². The van der Waals surface area contributed by atoms with Crippen LogP contribution in [0, 0.1) is 6.92 Å². The molecule has 0 aliphatic heterocycles. The minimum absolute atomic E-state index is 0.510. The van der Waals surface area contributed by atoms with Crippen LogP contribution in [0.1, 0.15) is 39.0 Å². The zero-order valence-electron chi connectivity index (χ0n) is 12.4. The molecule has 6 heteroatoms. The second-order valence-electron chi connectivity index (χ2n) is 3.36. The maximum Gasteiger partial charge on any atom is 0.435 e. The van der Waals surface area contributed by atoms with Gasteiger partial charge >= 0.3 is 6.18 Å². The molecule has 2 aromatic rings. The van der Waals surface area contributed by atoms with Gasteiger partial charge in [-0.15, -0.1) is 0 Å². The number of rotatable bonds is 1. The van der Waals surface area contributed by atoms with Crippen molar-refractivity contribution in [2.24, 2.45) is 0 Å². The number of nitrogens with zero attached hydrogens (tertiary/aromatic N) is 3. The highest BCUT2D eigenvalue weighted by Gasteiger charge is 2.33. The Balaban J connectivity index is 0.000000829. The van der Waals surface area contributed by atoms with Crippen LogP contribution >= 0.6 is 0 Å². The van der Waals surface area contributed by atoms with Crippen molar-refractivity contribution in [3.05, 3.63) is 42.0 Å². The van der Waals surface area contributed by atoms with Crippen molar-refractivity contribution >= 4 is 0 Å². The van der Waals surface area contributed by atoms with Crippen LogP contribution in [0.4, 0.5) is 13.2 Å². The quantitative estimate of drug-likeness (QED) is 0.764. The number of hydrogen-bond acceptors (Lipinski definition) is 2. The molecule has 0 radical (unpaired) electrons. The van der Waals surface area contributed by atoms with Crippen LogP contribution in [-0.2, 0) is 6.18 Å². The lowest BCUT2D eigenvalue weighted by Crippen LogP contribution is -2.07. The largest absolute Gasteiger partial charge is 0.435 e. The van der Waals surface area contributed by atoms with Crippen molar-refractivity contribution < 1.29 is 13.2 Å². The molecule has 2 aromatic heterocycles. The molecule has 2 rings (SSSR count). The van der Waals surface area contributed by atoms with Crippen LogP contribution < -0.4 is 0 Å². The molecule has 0 bridgehead atoms. The summed E-state index contributed by atoms with van der Waals surface area (Å²) in [5.41, 5.74) is 0.464. The molecule has 0 spiro atoms. The van der Waals surface area contributed by atoms with E-state index in [1.54, 1.807) is 12.3 Å². The molecule has 3 nitrogen and oxygen atoms in total. The second-order valence-corrected chi connectivity index (χ2v) is 3.36. The minimum Gasteiger partial charge on any atom is -0.262 e. The predicted molar refractivity (Wildman–Crippen MR) is 73.8 cm³/mol. The van der Waals surface area contributed by atoms with Crippen LogP contribution in [0.25, 0.3) is 5.69 Å². The van der Waals surface area contributed by atoms with Gasteiger partial charge in [0.1, 0.15) is 0 Å².